The Balaban J connectivity index is 1.49. The van der Waals surface area contributed by atoms with Gasteiger partial charge in [-0.25, -0.2) is 4.98 Å². The van der Waals surface area contributed by atoms with Gasteiger partial charge in [0, 0.05) is 56.1 Å². The van der Waals surface area contributed by atoms with E-state index in [0.717, 1.165) is 66.8 Å². The lowest BCUT2D eigenvalue weighted by Crippen LogP contribution is -2.44. The summed E-state index contributed by atoms with van der Waals surface area (Å²) in [7, 11) is 1.64. The van der Waals surface area contributed by atoms with Crippen LogP contribution in [-0.2, 0) is 11.2 Å². The van der Waals surface area contributed by atoms with Crippen LogP contribution in [0.5, 0.6) is 5.75 Å². The van der Waals surface area contributed by atoms with Crippen molar-refractivity contribution >= 4 is 22.4 Å². The summed E-state index contributed by atoms with van der Waals surface area (Å²) < 4.78 is 5.32. The third-order valence-electron chi connectivity index (χ3n) is 5.56. The summed E-state index contributed by atoms with van der Waals surface area (Å²) in [6.07, 6.45) is 4.74. The number of amides is 1. The van der Waals surface area contributed by atoms with Gasteiger partial charge in [0.2, 0.25) is 5.91 Å². The van der Waals surface area contributed by atoms with Crippen molar-refractivity contribution in [2.45, 2.75) is 12.8 Å². The number of nitrogens with one attached hydrogen (secondary N) is 1. The van der Waals surface area contributed by atoms with Gasteiger partial charge in [0.15, 0.2) is 5.13 Å². The van der Waals surface area contributed by atoms with Crippen LogP contribution in [0.15, 0.2) is 54.2 Å². The summed E-state index contributed by atoms with van der Waals surface area (Å²) in [5.74, 6) is 0.809. The zero-order chi connectivity index (χ0) is 22.2. The van der Waals surface area contributed by atoms with E-state index in [2.05, 4.69) is 15.2 Å². The first-order valence-corrected chi connectivity index (χ1v) is 11.8. The average molecular weight is 452 g/mol. The maximum absolute atomic E-state index is 13.4. The summed E-state index contributed by atoms with van der Waals surface area (Å²) in [6.45, 7) is 5.80. The second kappa shape index (κ2) is 11.2. The zero-order valence-electron chi connectivity index (χ0n) is 18.4. The predicted octanol–water partition coefficient (Wildman–Crippen LogP) is 3.08. The number of thiazole rings is 1. The Labute approximate surface area is 193 Å². The first-order valence-electron chi connectivity index (χ1n) is 11.0. The van der Waals surface area contributed by atoms with E-state index in [1.807, 2.05) is 46.7 Å². The number of aromatic nitrogens is 2. The smallest absolute Gasteiger partial charge is 0.233 e. The van der Waals surface area contributed by atoms with E-state index in [1.165, 1.54) is 11.3 Å². The third kappa shape index (κ3) is 5.91. The lowest BCUT2D eigenvalue weighted by molar-refractivity contribution is -0.118. The molecule has 1 N–H and O–H groups in total. The molecule has 4 rings (SSSR count). The van der Waals surface area contributed by atoms with Gasteiger partial charge in [0.05, 0.1) is 19.2 Å². The molecule has 32 heavy (non-hydrogen) atoms. The van der Waals surface area contributed by atoms with Gasteiger partial charge in [-0.1, -0.05) is 12.1 Å². The highest BCUT2D eigenvalue weighted by Crippen LogP contribution is 2.28. The number of methoxy groups -OCH3 is 1. The largest absolute Gasteiger partial charge is 0.497 e. The predicted molar refractivity (Wildman–Crippen MR) is 128 cm³/mol. The Morgan fingerprint density at radius 1 is 1.22 bits per heavy atom. The molecule has 0 unspecified atom stereocenters. The molecular weight excluding hydrogens is 422 g/mol. The maximum Gasteiger partial charge on any atom is 0.233 e. The second-order valence-electron chi connectivity index (χ2n) is 7.77. The molecule has 0 aliphatic carbocycles. The van der Waals surface area contributed by atoms with Crippen molar-refractivity contribution in [1.29, 1.82) is 0 Å². The highest BCUT2D eigenvalue weighted by atomic mass is 32.1. The van der Waals surface area contributed by atoms with Crippen molar-refractivity contribution in [1.82, 2.24) is 20.2 Å². The number of rotatable bonds is 9. The molecule has 168 valence electrons. The van der Waals surface area contributed by atoms with Crippen molar-refractivity contribution in [3.63, 3.8) is 0 Å². The molecule has 7 nitrogen and oxygen atoms in total. The minimum atomic E-state index is 0.0502. The zero-order valence-corrected chi connectivity index (χ0v) is 19.2. The third-order valence-corrected chi connectivity index (χ3v) is 6.42. The summed E-state index contributed by atoms with van der Waals surface area (Å²) in [6, 6.07) is 11.6. The highest BCUT2D eigenvalue weighted by Gasteiger charge is 2.21. The first-order chi connectivity index (χ1) is 15.7. The fourth-order valence-corrected chi connectivity index (χ4v) is 4.69. The standard InChI is InChI=1S/C24H29N5O2S/c1-31-21-5-2-4-19(16-21)17-23(30)29(13-3-12-28-14-10-26-11-15-28)24-27-22(18-32-24)20-6-8-25-9-7-20/h2,4-9,16,18,26H,3,10-15,17H2,1H3. The van der Waals surface area contributed by atoms with Gasteiger partial charge in [-0.3, -0.25) is 14.7 Å². The quantitative estimate of drug-likeness (QED) is 0.539. The first kappa shape index (κ1) is 22.4. The number of piperazine rings is 1. The molecular formula is C24H29N5O2S. The number of hydrogen-bond acceptors (Lipinski definition) is 7. The summed E-state index contributed by atoms with van der Waals surface area (Å²) >= 11 is 1.51. The van der Waals surface area contributed by atoms with Gasteiger partial charge in [0.25, 0.3) is 0 Å². The van der Waals surface area contributed by atoms with Crippen molar-refractivity contribution < 1.29 is 9.53 Å². The fourth-order valence-electron chi connectivity index (χ4n) is 3.81. The Morgan fingerprint density at radius 2 is 2.03 bits per heavy atom. The van der Waals surface area contributed by atoms with Gasteiger partial charge in [-0.15, -0.1) is 11.3 Å². The fraction of sp³-hybridized carbons (Fsp3) is 0.375. The molecule has 2 aromatic heterocycles. The van der Waals surface area contributed by atoms with E-state index in [4.69, 9.17) is 9.72 Å². The maximum atomic E-state index is 13.4. The number of pyridine rings is 1. The van der Waals surface area contributed by atoms with Gasteiger partial charge in [-0.2, -0.15) is 0 Å². The molecule has 3 heterocycles. The van der Waals surface area contributed by atoms with Crippen LogP contribution >= 0.6 is 11.3 Å². The molecule has 0 atom stereocenters. The number of nitrogens with zero attached hydrogens (tertiary/aromatic N) is 4. The Bertz CT molecular complexity index is 1000. The van der Waals surface area contributed by atoms with Gasteiger partial charge >= 0.3 is 0 Å². The van der Waals surface area contributed by atoms with E-state index in [9.17, 15) is 4.79 Å². The molecule has 0 radical (unpaired) electrons. The van der Waals surface area contributed by atoms with Crippen LogP contribution in [0.2, 0.25) is 0 Å². The number of anilines is 1. The minimum Gasteiger partial charge on any atom is -0.497 e. The van der Waals surface area contributed by atoms with Crippen LogP contribution in [0.25, 0.3) is 11.3 Å². The Hall–Kier alpha value is -2.81. The summed E-state index contributed by atoms with van der Waals surface area (Å²) in [5.41, 5.74) is 2.81. The Kier molecular flexibility index (Phi) is 7.82. The molecule has 1 aliphatic heterocycles. The van der Waals surface area contributed by atoms with E-state index >= 15 is 0 Å². The van der Waals surface area contributed by atoms with Gasteiger partial charge < -0.3 is 15.0 Å². The molecule has 0 spiro atoms. The van der Waals surface area contributed by atoms with Crippen LogP contribution < -0.4 is 15.0 Å². The number of carbonyl (C=O) groups is 1. The van der Waals surface area contributed by atoms with Crippen LogP contribution in [0.3, 0.4) is 0 Å². The highest BCUT2D eigenvalue weighted by molar-refractivity contribution is 7.14. The van der Waals surface area contributed by atoms with E-state index < -0.39 is 0 Å². The molecule has 3 aromatic rings. The van der Waals surface area contributed by atoms with Crippen LogP contribution in [0, 0.1) is 0 Å². The lowest BCUT2D eigenvalue weighted by Gasteiger charge is -2.28. The van der Waals surface area contributed by atoms with E-state index in [-0.39, 0.29) is 5.91 Å². The van der Waals surface area contributed by atoms with Crippen LogP contribution in [0.4, 0.5) is 5.13 Å². The second-order valence-corrected chi connectivity index (χ2v) is 8.61. The molecule has 0 saturated carbocycles. The molecule has 8 heteroatoms. The van der Waals surface area contributed by atoms with Crippen LogP contribution in [0.1, 0.15) is 12.0 Å². The van der Waals surface area contributed by atoms with Crippen molar-refractivity contribution in [2.75, 3.05) is 51.3 Å². The van der Waals surface area contributed by atoms with Crippen molar-refractivity contribution in [2.24, 2.45) is 0 Å². The average Bonchev–Trinajstić information content (AvgIpc) is 3.33. The number of carbonyl (C=O) groups excluding carboxylic acids is 1. The van der Waals surface area contributed by atoms with Gasteiger partial charge in [0.1, 0.15) is 5.75 Å². The molecule has 1 saturated heterocycles. The van der Waals surface area contributed by atoms with Crippen molar-refractivity contribution in [3.05, 3.63) is 59.7 Å². The topological polar surface area (TPSA) is 70.6 Å². The Morgan fingerprint density at radius 3 is 2.81 bits per heavy atom. The number of ether oxygens (including phenoxy) is 1. The van der Waals surface area contributed by atoms with Crippen molar-refractivity contribution in [3.8, 4) is 17.0 Å². The van der Waals surface area contributed by atoms with Crippen LogP contribution in [-0.4, -0.2) is 67.2 Å². The molecule has 1 amide bonds. The summed E-state index contributed by atoms with van der Waals surface area (Å²) in [4.78, 5) is 26.5. The number of benzene rings is 1. The normalized spacial score (nSPS) is 14.3. The SMILES string of the molecule is COc1cccc(CC(=O)N(CCCN2CCNCC2)c2nc(-c3ccncc3)cs2)c1. The van der Waals surface area contributed by atoms with Gasteiger partial charge in [-0.05, 0) is 42.8 Å². The molecule has 1 aromatic carbocycles. The molecule has 1 aliphatic rings. The molecule has 0 bridgehead atoms. The minimum absolute atomic E-state index is 0.0502. The monoisotopic (exact) mass is 451 g/mol. The number of hydrogen-bond donors (Lipinski definition) is 1. The molecule has 1 fully saturated rings. The van der Waals surface area contributed by atoms with E-state index in [0.29, 0.717) is 13.0 Å². The lowest BCUT2D eigenvalue weighted by atomic mass is 10.1. The summed E-state index contributed by atoms with van der Waals surface area (Å²) in [5, 5.41) is 6.13. The van der Waals surface area contributed by atoms with E-state index in [1.54, 1.807) is 19.5 Å².